The molecule has 1 amide bonds. The number of carbonyl (C=O) groups excluding carboxylic acids is 3. The molecule has 0 saturated heterocycles. The highest BCUT2D eigenvalue weighted by Crippen LogP contribution is 2.30. The van der Waals surface area contributed by atoms with Gasteiger partial charge < -0.3 is 14.6 Å². The molecule has 1 saturated carbocycles. The lowest BCUT2D eigenvalue weighted by Crippen LogP contribution is -2.47. The Balaban J connectivity index is 2.29. The lowest BCUT2D eigenvalue weighted by Gasteiger charge is -2.34. The number of carbonyl (C=O) groups is 3. The normalized spacial score (nSPS) is 15.1. The van der Waals surface area contributed by atoms with E-state index in [-0.39, 0.29) is 24.2 Å². The van der Waals surface area contributed by atoms with Crippen molar-refractivity contribution in [2.45, 2.75) is 53.0 Å². The van der Waals surface area contributed by atoms with Gasteiger partial charge in [0.25, 0.3) is 0 Å². The van der Waals surface area contributed by atoms with Gasteiger partial charge in [-0.15, -0.1) is 6.58 Å². The minimum Gasteiger partial charge on any atom is -0.461 e. The molecule has 0 bridgehead atoms. The first-order chi connectivity index (χ1) is 12.3. The number of ether oxygens (including phenoxy) is 1. The Morgan fingerprint density at radius 1 is 1.35 bits per heavy atom. The maximum absolute atomic E-state index is 13.1. The number of H-pyrrole nitrogens is 1. The molecule has 0 aromatic carbocycles. The number of ketones is 1. The monoisotopic (exact) mass is 360 g/mol. The molecule has 1 aromatic heterocycles. The van der Waals surface area contributed by atoms with Crippen LogP contribution < -0.4 is 0 Å². The van der Waals surface area contributed by atoms with Gasteiger partial charge in [0.1, 0.15) is 5.69 Å². The van der Waals surface area contributed by atoms with Crippen LogP contribution >= 0.6 is 0 Å². The molecule has 1 N–H and O–H groups in total. The van der Waals surface area contributed by atoms with Crippen molar-refractivity contribution in [3.05, 3.63) is 35.2 Å². The summed E-state index contributed by atoms with van der Waals surface area (Å²) >= 11 is 0. The zero-order valence-corrected chi connectivity index (χ0v) is 16.1. The maximum atomic E-state index is 13.1. The minimum atomic E-state index is -0.621. The summed E-state index contributed by atoms with van der Waals surface area (Å²) in [5.74, 6) is -0.642. The molecule has 1 fully saturated rings. The lowest BCUT2D eigenvalue weighted by atomic mass is 9.84. The Bertz CT molecular complexity index is 716. The Hall–Kier alpha value is -2.37. The van der Waals surface area contributed by atoms with Gasteiger partial charge in [0, 0.05) is 23.7 Å². The molecule has 1 aliphatic rings. The van der Waals surface area contributed by atoms with Crippen LogP contribution in [0, 0.1) is 19.8 Å². The van der Waals surface area contributed by atoms with Crippen LogP contribution in [0.3, 0.4) is 0 Å². The first-order valence-corrected chi connectivity index (χ1v) is 9.15. The second-order valence-electron chi connectivity index (χ2n) is 6.79. The van der Waals surface area contributed by atoms with Gasteiger partial charge >= 0.3 is 5.97 Å². The summed E-state index contributed by atoms with van der Waals surface area (Å²) in [6.45, 7) is 11.2. The number of amides is 1. The molecule has 142 valence electrons. The van der Waals surface area contributed by atoms with Crippen molar-refractivity contribution in [1.82, 2.24) is 9.88 Å². The third-order valence-corrected chi connectivity index (χ3v) is 5.07. The molecule has 6 nitrogen and oxygen atoms in total. The van der Waals surface area contributed by atoms with E-state index in [1.165, 1.54) is 0 Å². The topological polar surface area (TPSA) is 79.5 Å². The van der Waals surface area contributed by atoms with Crippen molar-refractivity contribution >= 4 is 17.7 Å². The summed E-state index contributed by atoms with van der Waals surface area (Å²) in [6, 6.07) is -0.621. The number of Topliss-reactive ketones (excluding diaryl/α,β-unsaturated/α-hetero) is 1. The number of hydrogen-bond donors (Lipinski definition) is 1. The molecular weight excluding hydrogens is 332 g/mol. The lowest BCUT2D eigenvalue weighted by molar-refractivity contribution is -0.138. The van der Waals surface area contributed by atoms with Gasteiger partial charge in [-0.1, -0.05) is 12.5 Å². The molecule has 1 atom stereocenters. The summed E-state index contributed by atoms with van der Waals surface area (Å²) in [5, 5.41) is 0. The van der Waals surface area contributed by atoms with E-state index in [9.17, 15) is 14.4 Å². The van der Waals surface area contributed by atoms with Gasteiger partial charge in [0.05, 0.1) is 12.6 Å². The Kier molecular flexibility index (Phi) is 6.40. The van der Waals surface area contributed by atoms with Crippen molar-refractivity contribution in [2.24, 2.45) is 5.92 Å². The van der Waals surface area contributed by atoms with Gasteiger partial charge in [0.15, 0.2) is 5.78 Å². The summed E-state index contributed by atoms with van der Waals surface area (Å²) in [5.41, 5.74) is 1.92. The van der Waals surface area contributed by atoms with E-state index in [1.807, 2.05) is 0 Å². The van der Waals surface area contributed by atoms with Crippen molar-refractivity contribution in [2.75, 3.05) is 13.2 Å². The smallest absolute Gasteiger partial charge is 0.355 e. The van der Waals surface area contributed by atoms with E-state index in [4.69, 9.17) is 4.74 Å². The highest BCUT2D eigenvalue weighted by atomic mass is 16.5. The van der Waals surface area contributed by atoms with E-state index < -0.39 is 12.0 Å². The molecule has 1 aliphatic carbocycles. The summed E-state index contributed by atoms with van der Waals surface area (Å²) in [7, 11) is 0. The molecule has 0 spiro atoms. The molecule has 6 heteroatoms. The predicted octanol–water partition coefficient (Wildman–Crippen LogP) is 3.19. The van der Waals surface area contributed by atoms with Crippen molar-refractivity contribution in [1.29, 1.82) is 0 Å². The fourth-order valence-corrected chi connectivity index (χ4v) is 3.35. The van der Waals surface area contributed by atoms with Crippen LogP contribution in [0.15, 0.2) is 12.7 Å². The van der Waals surface area contributed by atoms with Crippen LogP contribution in [-0.4, -0.2) is 46.7 Å². The van der Waals surface area contributed by atoms with E-state index in [1.54, 1.807) is 38.7 Å². The molecule has 0 aliphatic heterocycles. The number of nitrogens with one attached hydrogen (secondary N) is 1. The summed E-state index contributed by atoms with van der Waals surface area (Å²) < 4.78 is 5.04. The van der Waals surface area contributed by atoms with Gasteiger partial charge in [-0.05, 0) is 46.1 Å². The SMILES string of the molecule is C=CCN(C(=O)C1CCC1)C(C)C(=O)c1c(C)[nH]c(C(=O)OCC)c1C. The van der Waals surface area contributed by atoms with E-state index in [0.717, 1.165) is 19.3 Å². The number of aromatic nitrogens is 1. The van der Waals surface area contributed by atoms with Gasteiger partial charge in [0.2, 0.25) is 5.91 Å². The Morgan fingerprint density at radius 2 is 2.00 bits per heavy atom. The predicted molar refractivity (Wildman–Crippen MR) is 99.3 cm³/mol. The summed E-state index contributed by atoms with van der Waals surface area (Å²) in [4.78, 5) is 42.4. The van der Waals surface area contributed by atoms with Crippen LogP contribution in [-0.2, 0) is 9.53 Å². The van der Waals surface area contributed by atoms with Gasteiger partial charge in [-0.2, -0.15) is 0 Å². The third kappa shape index (κ3) is 3.74. The van der Waals surface area contributed by atoms with Gasteiger partial charge in [-0.25, -0.2) is 4.79 Å². The molecule has 1 unspecified atom stereocenters. The van der Waals surface area contributed by atoms with Crippen LogP contribution in [0.1, 0.15) is 65.2 Å². The van der Waals surface area contributed by atoms with Crippen LogP contribution in [0.5, 0.6) is 0 Å². The van der Waals surface area contributed by atoms with E-state index in [2.05, 4.69) is 11.6 Å². The number of esters is 1. The molecule has 1 aromatic rings. The minimum absolute atomic E-state index is 0.00783. The average Bonchev–Trinajstić information content (AvgIpc) is 2.84. The fourth-order valence-electron chi connectivity index (χ4n) is 3.35. The highest BCUT2D eigenvalue weighted by Gasteiger charge is 2.35. The Labute approximate surface area is 154 Å². The van der Waals surface area contributed by atoms with E-state index in [0.29, 0.717) is 29.1 Å². The zero-order valence-electron chi connectivity index (χ0n) is 16.1. The van der Waals surface area contributed by atoms with Crippen LogP contribution in [0.25, 0.3) is 0 Å². The third-order valence-electron chi connectivity index (χ3n) is 5.07. The maximum Gasteiger partial charge on any atom is 0.355 e. The summed E-state index contributed by atoms with van der Waals surface area (Å²) in [6.07, 6.45) is 4.45. The van der Waals surface area contributed by atoms with Crippen LogP contribution in [0.4, 0.5) is 0 Å². The van der Waals surface area contributed by atoms with Crippen molar-refractivity contribution < 1.29 is 19.1 Å². The van der Waals surface area contributed by atoms with E-state index >= 15 is 0 Å². The van der Waals surface area contributed by atoms with Crippen molar-refractivity contribution in [3.8, 4) is 0 Å². The molecular formula is C20H28N2O4. The number of aryl methyl sites for hydroxylation is 1. The second kappa shape index (κ2) is 8.34. The number of aromatic amines is 1. The second-order valence-corrected chi connectivity index (χ2v) is 6.79. The van der Waals surface area contributed by atoms with Crippen molar-refractivity contribution in [3.63, 3.8) is 0 Å². The number of hydrogen-bond acceptors (Lipinski definition) is 4. The number of rotatable bonds is 8. The first kappa shape index (κ1) is 19.9. The first-order valence-electron chi connectivity index (χ1n) is 9.15. The quantitative estimate of drug-likeness (QED) is 0.439. The largest absolute Gasteiger partial charge is 0.461 e. The molecule has 26 heavy (non-hydrogen) atoms. The Morgan fingerprint density at radius 3 is 2.50 bits per heavy atom. The van der Waals surface area contributed by atoms with Gasteiger partial charge in [-0.3, -0.25) is 9.59 Å². The standard InChI is InChI=1S/C20H28N2O4/c1-6-11-22(19(24)15-9-8-10-15)14(5)18(23)16-12(3)17(21-13(16)4)20(25)26-7-2/h6,14-15,21H,1,7-11H2,2-5H3. The molecule has 0 radical (unpaired) electrons. The highest BCUT2D eigenvalue weighted by molar-refractivity contribution is 6.06. The number of nitrogens with zero attached hydrogens (tertiary/aromatic N) is 1. The zero-order chi connectivity index (χ0) is 19.4. The molecule has 1 heterocycles. The van der Waals surface area contributed by atoms with Crippen LogP contribution in [0.2, 0.25) is 0 Å². The average molecular weight is 360 g/mol. The molecule has 2 rings (SSSR count). The fraction of sp³-hybridized carbons (Fsp3) is 0.550.